The number of allylic oxidation sites excluding steroid dienone is 1. The lowest BCUT2D eigenvalue weighted by Crippen LogP contribution is -2.16. The Morgan fingerprint density at radius 3 is 2.67 bits per heavy atom. The maximum Gasteiger partial charge on any atom is 0.265 e. The van der Waals surface area contributed by atoms with Gasteiger partial charge in [-0.05, 0) is 65.2 Å². The fraction of sp³-hybridized carbons (Fsp3) is 0.211. The number of aryl methyl sites for hydroxylation is 1. The van der Waals surface area contributed by atoms with E-state index in [9.17, 15) is 13.2 Å². The van der Waals surface area contributed by atoms with Crippen molar-refractivity contribution in [2.75, 3.05) is 17.1 Å². The van der Waals surface area contributed by atoms with Crippen LogP contribution in [0.5, 0.6) is 5.75 Å². The summed E-state index contributed by atoms with van der Waals surface area (Å²) in [6, 6.07) is 9.81. The van der Waals surface area contributed by atoms with Gasteiger partial charge in [0.15, 0.2) is 0 Å². The highest BCUT2D eigenvalue weighted by Crippen LogP contribution is 2.31. The third-order valence-corrected chi connectivity index (χ3v) is 5.76. The second-order valence-electron chi connectivity index (χ2n) is 5.83. The first-order chi connectivity index (χ1) is 12.8. The summed E-state index contributed by atoms with van der Waals surface area (Å²) >= 11 is 3.34. The van der Waals surface area contributed by atoms with E-state index in [0.717, 1.165) is 5.56 Å². The highest BCUT2D eigenvalue weighted by molar-refractivity contribution is 9.10. The van der Waals surface area contributed by atoms with E-state index in [1.54, 1.807) is 24.3 Å². The summed E-state index contributed by atoms with van der Waals surface area (Å²) in [6.07, 6.45) is 2.45. The topological polar surface area (TPSA) is 84.5 Å². The Labute approximate surface area is 167 Å². The van der Waals surface area contributed by atoms with Gasteiger partial charge in [0.1, 0.15) is 10.6 Å². The number of sulfonamides is 1. The van der Waals surface area contributed by atoms with Crippen molar-refractivity contribution in [1.29, 1.82) is 0 Å². The number of benzene rings is 2. The molecule has 1 amide bonds. The van der Waals surface area contributed by atoms with Crippen molar-refractivity contribution in [3.05, 3.63) is 59.1 Å². The first kappa shape index (κ1) is 21.0. The maximum absolute atomic E-state index is 12.9. The van der Waals surface area contributed by atoms with Gasteiger partial charge in [-0.15, -0.1) is 6.58 Å². The molecule has 2 aromatic carbocycles. The van der Waals surface area contributed by atoms with Crippen LogP contribution in [0.25, 0.3) is 0 Å². The van der Waals surface area contributed by atoms with Crippen LogP contribution in [0.2, 0.25) is 0 Å². The summed E-state index contributed by atoms with van der Waals surface area (Å²) < 4.78 is 34.2. The van der Waals surface area contributed by atoms with Crippen LogP contribution in [0.1, 0.15) is 18.4 Å². The molecule has 0 aromatic heterocycles. The average Bonchev–Trinajstić information content (AvgIpc) is 2.62. The predicted molar refractivity (Wildman–Crippen MR) is 111 cm³/mol. The third kappa shape index (κ3) is 5.58. The lowest BCUT2D eigenvalue weighted by atomic mass is 10.2. The Morgan fingerprint density at radius 2 is 2.00 bits per heavy atom. The molecule has 8 heteroatoms. The lowest BCUT2D eigenvalue weighted by Gasteiger charge is -2.15. The summed E-state index contributed by atoms with van der Waals surface area (Å²) in [6.45, 7) is 5.44. The van der Waals surface area contributed by atoms with Crippen LogP contribution in [0.3, 0.4) is 0 Å². The van der Waals surface area contributed by atoms with Crippen molar-refractivity contribution in [1.82, 2.24) is 0 Å². The molecule has 0 aliphatic carbocycles. The molecular formula is C19H21BrN2O4S. The minimum Gasteiger partial charge on any atom is -0.495 e. The van der Waals surface area contributed by atoms with Gasteiger partial charge in [0.2, 0.25) is 5.91 Å². The van der Waals surface area contributed by atoms with Gasteiger partial charge in [-0.1, -0.05) is 12.1 Å². The van der Waals surface area contributed by atoms with Crippen molar-refractivity contribution in [2.45, 2.75) is 24.7 Å². The van der Waals surface area contributed by atoms with Crippen molar-refractivity contribution < 1.29 is 17.9 Å². The predicted octanol–water partition coefficient (Wildman–Crippen LogP) is 4.47. The number of amides is 1. The number of methoxy groups -OCH3 is 1. The number of hydrogen-bond donors (Lipinski definition) is 2. The van der Waals surface area contributed by atoms with Gasteiger partial charge in [0, 0.05) is 16.6 Å². The van der Waals surface area contributed by atoms with Gasteiger partial charge in [-0.3, -0.25) is 9.52 Å². The molecule has 0 heterocycles. The molecule has 0 fully saturated rings. The highest BCUT2D eigenvalue weighted by atomic mass is 79.9. The quantitative estimate of drug-likeness (QED) is 0.578. The van der Waals surface area contributed by atoms with E-state index in [1.165, 1.54) is 19.2 Å². The molecule has 144 valence electrons. The minimum atomic E-state index is -3.94. The molecule has 0 atom stereocenters. The molecule has 2 rings (SSSR count). The average molecular weight is 453 g/mol. The van der Waals surface area contributed by atoms with Crippen molar-refractivity contribution >= 4 is 43.2 Å². The number of halogens is 1. The van der Waals surface area contributed by atoms with E-state index >= 15 is 0 Å². The Balaban J connectivity index is 2.36. The second-order valence-corrected chi connectivity index (χ2v) is 8.34. The number of anilines is 2. The molecule has 0 unspecified atom stereocenters. The number of carbonyl (C=O) groups excluding carboxylic acids is 1. The molecular weight excluding hydrogens is 432 g/mol. The van der Waals surface area contributed by atoms with Crippen molar-refractivity contribution in [3.63, 3.8) is 0 Å². The molecule has 0 aliphatic heterocycles. The molecule has 0 bridgehead atoms. The number of ether oxygens (including phenoxy) is 1. The number of rotatable bonds is 8. The molecule has 0 saturated carbocycles. The van der Waals surface area contributed by atoms with E-state index < -0.39 is 10.0 Å². The van der Waals surface area contributed by atoms with E-state index in [-0.39, 0.29) is 23.0 Å². The van der Waals surface area contributed by atoms with Crippen molar-refractivity contribution in [2.24, 2.45) is 0 Å². The summed E-state index contributed by atoms with van der Waals surface area (Å²) in [7, 11) is -2.55. The van der Waals surface area contributed by atoms with Crippen LogP contribution < -0.4 is 14.8 Å². The summed E-state index contributed by atoms with van der Waals surface area (Å²) in [5, 5.41) is 2.68. The molecule has 0 aliphatic rings. The number of hydrogen-bond acceptors (Lipinski definition) is 4. The van der Waals surface area contributed by atoms with Gasteiger partial charge in [0.25, 0.3) is 10.0 Å². The third-order valence-electron chi connectivity index (χ3n) is 3.68. The molecule has 6 nitrogen and oxygen atoms in total. The summed E-state index contributed by atoms with van der Waals surface area (Å²) in [5.41, 5.74) is 1.69. The summed E-state index contributed by atoms with van der Waals surface area (Å²) in [4.78, 5) is 11.8. The largest absolute Gasteiger partial charge is 0.495 e. The first-order valence-electron chi connectivity index (χ1n) is 8.14. The highest BCUT2D eigenvalue weighted by Gasteiger charge is 2.22. The number of nitrogens with one attached hydrogen (secondary N) is 2. The van der Waals surface area contributed by atoms with Gasteiger partial charge < -0.3 is 10.1 Å². The lowest BCUT2D eigenvalue weighted by molar-refractivity contribution is -0.116. The van der Waals surface area contributed by atoms with Crippen LogP contribution in [-0.2, 0) is 14.8 Å². The van der Waals surface area contributed by atoms with E-state index in [2.05, 4.69) is 32.5 Å². The molecule has 0 saturated heterocycles. The Morgan fingerprint density at radius 1 is 1.26 bits per heavy atom. The fourth-order valence-electron chi connectivity index (χ4n) is 2.34. The zero-order chi connectivity index (χ0) is 20.0. The van der Waals surface area contributed by atoms with Gasteiger partial charge >= 0.3 is 0 Å². The van der Waals surface area contributed by atoms with E-state index in [1.807, 2.05) is 13.0 Å². The van der Waals surface area contributed by atoms with Gasteiger partial charge in [0.05, 0.1) is 12.8 Å². The maximum atomic E-state index is 12.9. The molecule has 27 heavy (non-hydrogen) atoms. The molecule has 2 aromatic rings. The zero-order valence-corrected chi connectivity index (χ0v) is 17.5. The Hall–Kier alpha value is -2.32. The monoisotopic (exact) mass is 452 g/mol. The summed E-state index contributed by atoms with van der Waals surface area (Å²) in [5.74, 6) is -0.0480. The van der Waals surface area contributed by atoms with Crippen LogP contribution in [0.15, 0.2) is 58.4 Å². The molecule has 0 spiro atoms. The van der Waals surface area contributed by atoms with Crippen LogP contribution in [0, 0.1) is 6.92 Å². The Bertz CT molecular complexity index is 958. The molecule has 0 radical (unpaired) electrons. The van der Waals surface area contributed by atoms with E-state index in [0.29, 0.717) is 22.3 Å². The second kappa shape index (κ2) is 9.05. The first-order valence-corrected chi connectivity index (χ1v) is 10.4. The van der Waals surface area contributed by atoms with E-state index in [4.69, 9.17) is 4.74 Å². The molecule has 2 N–H and O–H groups in total. The number of carbonyl (C=O) groups is 1. The van der Waals surface area contributed by atoms with Crippen LogP contribution in [-0.4, -0.2) is 21.4 Å². The standard InChI is InChI=1S/C19H21BrN2O4S/c1-4-5-6-19(23)21-14-8-10-17(26-3)18(12-14)27(24,25)22-16-11-13(2)7-9-15(16)20/h4,7-12,22H,1,5-6H2,2-3H3,(H,21,23). The van der Waals surface area contributed by atoms with Crippen LogP contribution >= 0.6 is 15.9 Å². The normalized spacial score (nSPS) is 10.9. The Kier molecular flexibility index (Phi) is 7.04. The van der Waals surface area contributed by atoms with Crippen molar-refractivity contribution in [3.8, 4) is 5.75 Å². The fourth-order valence-corrected chi connectivity index (χ4v) is 4.08. The van der Waals surface area contributed by atoms with Gasteiger partial charge in [-0.25, -0.2) is 8.42 Å². The SMILES string of the molecule is C=CCCC(=O)Nc1ccc(OC)c(S(=O)(=O)Nc2cc(C)ccc2Br)c1. The zero-order valence-electron chi connectivity index (χ0n) is 15.1. The van der Waals surface area contributed by atoms with Gasteiger partial charge in [-0.2, -0.15) is 0 Å². The smallest absolute Gasteiger partial charge is 0.265 e. The minimum absolute atomic E-state index is 0.0695. The van der Waals surface area contributed by atoms with Crippen LogP contribution in [0.4, 0.5) is 11.4 Å².